The SMILES string of the molecule is CCc1cnccc1NC(=O)C(CC(C)C)N1CCCCC1=O. The van der Waals surface area contributed by atoms with Crippen molar-refractivity contribution in [1.29, 1.82) is 0 Å². The van der Waals surface area contributed by atoms with Gasteiger partial charge in [0.2, 0.25) is 11.8 Å². The molecule has 2 rings (SSSR count). The number of amides is 2. The number of nitrogens with one attached hydrogen (secondary N) is 1. The van der Waals surface area contributed by atoms with Gasteiger partial charge >= 0.3 is 0 Å². The lowest BCUT2D eigenvalue weighted by molar-refractivity contribution is -0.141. The second-order valence-electron chi connectivity index (χ2n) is 6.57. The van der Waals surface area contributed by atoms with E-state index in [1.54, 1.807) is 17.3 Å². The highest BCUT2D eigenvalue weighted by Gasteiger charge is 2.32. The smallest absolute Gasteiger partial charge is 0.247 e. The van der Waals surface area contributed by atoms with Gasteiger partial charge < -0.3 is 10.2 Å². The van der Waals surface area contributed by atoms with E-state index in [0.29, 0.717) is 25.3 Å². The lowest BCUT2D eigenvalue weighted by atomic mass is 9.98. The van der Waals surface area contributed by atoms with Crippen LogP contribution in [0, 0.1) is 5.92 Å². The van der Waals surface area contributed by atoms with Crippen molar-refractivity contribution in [2.75, 3.05) is 11.9 Å². The molecule has 1 N–H and O–H groups in total. The standard InChI is InChI=1S/C18H27N3O2/c1-4-14-12-19-9-8-15(14)20-18(23)16(11-13(2)3)21-10-6-5-7-17(21)22/h8-9,12-13,16H,4-7,10-11H2,1-3H3,(H,19,20,23). The second kappa shape index (κ2) is 8.09. The molecule has 0 aliphatic carbocycles. The summed E-state index contributed by atoms with van der Waals surface area (Å²) in [6.45, 7) is 6.88. The van der Waals surface area contributed by atoms with Crippen LogP contribution < -0.4 is 5.32 Å². The summed E-state index contributed by atoms with van der Waals surface area (Å²) in [6.07, 6.45) is 7.40. The van der Waals surface area contributed by atoms with Crippen LogP contribution in [-0.2, 0) is 16.0 Å². The monoisotopic (exact) mass is 317 g/mol. The number of hydrogen-bond acceptors (Lipinski definition) is 3. The van der Waals surface area contributed by atoms with Gasteiger partial charge in [0.25, 0.3) is 0 Å². The molecule has 2 amide bonds. The number of pyridine rings is 1. The van der Waals surface area contributed by atoms with Crippen molar-refractivity contribution in [3.63, 3.8) is 0 Å². The molecule has 5 heteroatoms. The maximum atomic E-state index is 12.8. The first-order valence-electron chi connectivity index (χ1n) is 8.56. The van der Waals surface area contributed by atoms with E-state index in [-0.39, 0.29) is 17.9 Å². The summed E-state index contributed by atoms with van der Waals surface area (Å²) < 4.78 is 0. The van der Waals surface area contributed by atoms with Gasteiger partial charge in [-0.15, -0.1) is 0 Å². The summed E-state index contributed by atoms with van der Waals surface area (Å²) >= 11 is 0. The maximum Gasteiger partial charge on any atom is 0.247 e. The van der Waals surface area contributed by atoms with Gasteiger partial charge in [0.05, 0.1) is 0 Å². The number of anilines is 1. The van der Waals surface area contributed by atoms with Gasteiger partial charge in [0, 0.05) is 31.0 Å². The fourth-order valence-corrected chi connectivity index (χ4v) is 3.03. The summed E-state index contributed by atoms with van der Waals surface area (Å²) in [5.74, 6) is 0.362. The molecule has 0 radical (unpaired) electrons. The van der Waals surface area contributed by atoms with Crippen molar-refractivity contribution in [1.82, 2.24) is 9.88 Å². The van der Waals surface area contributed by atoms with E-state index in [2.05, 4.69) is 24.1 Å². The van der Waals surface area contributed by atoms with Crippen LogP contribution in [0.5, 0.6) is 0 Å². The Labute approximate surface area is 138 Å². The number of aromatic nitrogens is 1. The molecule has 1 unspecified atom stereocenters. The molecular formula is C18H27N3O2. The molecule has 0 spiro atoms. The lowest BCUT2D eigenvalue weighted by Crippen LogP contribution is -2.50. The van der Waals surface area contributed by atoms with Crippen LogP contribution in [0.2, 0.25) is 0 Å². The summed E-state index contributed by atoms with van der Waals surface area (Å²) in [6, 6.07) is 1.43. The molecule has 126 valence electrons. The fourth-order valence-electron chi connectivity index (χ4n) is 3.03. The van der Waals surface area contributed by atoms with Crippen molar-refractivity contribution in [2.45, 2.75) is 58.9 Å². The van der Waals surface area contributed by atoms with Gasteiger partial charge in [0.1, 0.15) is 6.04 Å². The third kappa shape index (κ3) is 4.53. The fraction of sp³-hybridized carbons (Fsp3) is 0.611. The van der Waals surface area contributed by atoms with Crippen molar-refractivity contribution < 1.29 is 9.59 Å². The van der Waals surface area contributed by atoms with Crippen LogP contribution in [0.3, 0.4) is 0 Å². The van der Waals surface area contributed by atoms with E-state index in [1.807, 2.05) is 13.0 Å². The van der Waals surface area contributed by atoms with Crippen LogP contribution in [-0.4, -0.2) is 34.3 Å². The molecular weight excluding hydrogens is 290 g/mol. The molecule has 1 atom stereocenters. The van der Waals surface area contributed by atoms with E-state index in [1.165, 1.54) is 0 Å². The van der Waals surface area contributed by atoms with Crippen LogP contribution in [0.1, 0.15) is 52.0 Å². The molecule has 1 saturated heterocycles. The summed E-state index contributed by atoms with van der Waals surface area (Å²) in [7, 11) is 0. The first-order chi connectivity index (χ1) is 11.0. The molecule has 0 bridgehead atoms. The largest absolute Gasteiger partial charge is 0.331 e. The number of piperidine rings is 1. The zero-order valence-electron chi connectivity index (χ0n) is 14.3. The number of hydrogen-bond donors (Lipinski definition) is 1. The average Bonchev–Trinajstić information content (AvgIpc) is 2.53. The molecule has 0 saturated carbocycles. The number of likely N-dealkylation sites (tertiary alicyclic amines) is 1. The molecule has 0 aromatic carbocycles. The number of carbonyl (C=O) groups is 2. The first kappa shape index (κ1) is 17.4. The Kier molecular flexibility index (Phi) is 6.13. The molecule has 5 nitrogen and oxygen atoms in total. The van der Waals surface area contributed by atoms with Crippen molar-refractivity contribution in [3.8, 4) is 0 Å². The van der Waals surface area contributed by atoms with Gasteiger partial charge in [-0.2, -0.15) is 0 Å². The topological polar surface area (TPSA) is 62.3 Å². The Morgan fingerprint density at radius 1 is 1.39 bits per heavy atom. The molecule has 23 heavy (non-hydrogen) atoms. The molecule has 1 aromatic rings. The minimum atomic E-state index is -0.388. The molecule has 2 heterocycles. The van der Waals surface area contributed by atoms with Gasteiger partial charge in [-0.3, -0.25) is 14.6 Å². The van der Waals surface area contributed by atoms with Crippen molar-refractivity contribution >= 4 is 17.5 Å². The number of carbonyl (C=O) groups excluding carboxylic acids is 2. The van der Waals surface area contributed by atoms with E-state index >= 15 is 0 Å². The quantitative estimate of drug-likeness (QED) is 0.877. The highest BCUT2D eigenvalue weighted by Crippen LogP contribution is 2.21. The molecule has 1 aromatic heterocycles. The summed E-state index contributed by atoms with van der Waals surface area (Å²) in [5, 5.41) is 3.01. The van der Waals surface area contributed by atoms with Gasteiger partial charge in [-0.1, -0.05) is 20.8 Å². The minimum absolute atomic E-state index is 0.0881. The van der Waals surface area contributed by atoms with E-state index in [9.17, 15) is 9.59 Å². The second-order valence-corrected chi connectivity index (χ2v) is 6.57. The number of rotatable bonds is 6. The average molecular weight is 317 g/mol. The Morgan fingerprint density at radius 3 is 2.83 bits per heavy atom. The maximum absolute atomic E-state index is 12.8. The van der Waals surface area contributed by atoms with Gasteiger partial charge in [0.15, 0.2) is 0 Å². The predicted octanol–water partition coefficient (Wildman–Crippen LogP) is 3.01. The van der Waals surface area contributed by atoms with Crippen molar-refractivity contribution in [2.24, 2.45) is 5.92 Å². The third-order valence-corrected chi connectivity index (χ3v) is 4.28. The molecule has 1 aliphatic heterocycles. The van der Waals surface area contributed by atoms with Gasteiger partial charge in [-0.05, 0) is 43.2 Å². The number of aryl methyl sites for hydroxylation is 1. The minimum Gasteiger partial charge on any atom is -0.331 e. The van der Waals surface area contributed by atoms with Crippen LogP contribution in [0.25, 0.3) is 0 Å². The van der Waals surface area contributed by atoms with Crippen LogP contribution >= 0.6 is 0 Å². The Bertz CT molecular complexity index is 557. The normalized spacial score (nSPS) is 16.5. The van der Waals surface area contributed by atoms with E-state index in [4.69, 9.17) is 0 Å². The van der Waals surface area contributed by atoms with Crippen molar-refractivity contribution in [3.05, 3.63) is 24.0 Å². The summed E-state index contributed by atoms with van der Waals surface area (Å²) in [5.41, 5.74) is 1.81. The Hall–Kier alpha value is -1.91. The lowest BCUT2D eigenvalue weighted by Gasteiger charge is -2.34. The predicted molar refractivity (Wildman–Crippen MR) is 91.1 cm³/mol. The first-order valence-corrected chi connectivity index (χ1v) is 8.56. The molecule has 1 aliphatic rings. The number of nitrogens with zero attached hydrogens (tertiary/aromatic N) is 2. The Balaban J connectivity index is 2.17. The van der Waals surface area contributed by atoms with Crippen LogP contribution in [0.15, 0.2) is 18.5 Å². The van der Waals surface area contributed by atoms with E-state index < -0.39 is 0 Å². The van der Waals surface area contributed by atoms with E-state index in [0.717, 1.165) is 30.5 Å². The zero-order chi connectivity index (χ0) is 16.8. The van der Waals surface area contributed by atoms with Gasteiger partial charge in [-0.25, -0.2) is 0 Å². The molecule has 1 fully saturated rings. The summed E-state index contributed by atoms with van der Waals surface area (Å²) in [4.78, 5) is 30.9. The highest BCUT2D eigenvalue weighted by molar-refractivity contribution is 5.97. The highest BCUT2D eigenvalue weighted by atomic mass is 16.2. The Morgan fingerprint density at radius 2 is 2.17 bits per heavy atom. The third-order valence-electron chi connectivity index (χ3n) is 4.28. The van der Waals surface area contributed by atoms with Crippen LogP contribution in [0.4, 0.5) is 5.69 Å². The zero-order valence-corrected chi connectivity index (χ0v) is 14.3.